The summed E-state index contributed by atoms with van der Waals surface area (Å²) in [5.74, 6) is 0.888. The number of para-hydroxylation sites is 3. The maximum atomic E-state index is 4.68. The molecule has 10 aromatic rings. The molecule has 0 unspecified atom stereocenters. The van der Waals surface area contributed by atoms with Gasteiger partial charge in [-0.25, -0.2) is 4.98 Å². The maximum absolute atomic E-state index is 4.68. The monoisotopic (exact) mass is 611 g/mol. The van der Waals surface area contributed by atoms with Crippen LogP contribution in [0.15, 0.2) is 176 Å². The smallest absolute Gasteiger partial charge is 0.137 e. The van der Waals surface area contributed by atoms with Crippen molar-refractivity contribution in [3.8, 4) is 16.8 Å². The normalized spacial score (nSPS) is 11.8. The Labute approximate surface area is 277 Å². The first-order valence-corrected chi connectivity index (χ1v) is 16.4. The van der Waals surface area contributed by atoms with E-state index >= 15 is 0 Å². The summed E-state index contributed by atoms with van der Waals surface area (Å²) in [6, 6.07) is 61.1. The number of hydrogen-bond acceptors (Lipinski definition) is 2. The van der Waals surface area contributed by atoms with Crippen LogP contribution in [0.3, 0.4) is 0 Å². The topological polar surface area (TPSA) is 21.1 Å². The van der Waals surface area contributed by atoms with E-state index in [9.17, 15) is 0 Å². The molecule has 0 N–H and O–H groups in total. The van der Waals surface area contributed by atoms with Gasteiger partial charge in [0.15, 0.2) is 0 Å². The summed E-state index contributed by atoms with van der Waals surface area (Å²) in [4.78, 5) is 6.88. The van der Waals surface area contributed by atoms with Crippen molar-refractivity contribution < 1.29 is 0 Å². The lowest BCUT2D eigenvalue weighted by Crippen LogP contribution is -2.11. The predicted molar refractivity (Wildman–Crippen MR) is 202 cm³/mol. The van der Waals surface area contributed by atoms with Gasteiger partial charge in [-0.3, -0.25) is 4.90 Å². The number of rotatable bonds is 5. The fourth-order valence-electron chi connectivity index (χ4n) is 7.70. The molecule has 48 heavy (non-hydrogen) atoms. The zero-order chi connectivity index (χ0) is 31.6. The Morgan fingerprint density at radius 2 is 1.10 bits per heavy atom. The van der Waals surface area contributed by atoms with Gasteiger partial charge in [0.05, 0.1) is 11.0 Å². The Hall–Kier alpha value is -6.45. The van der Waals surface area contributed by atoms with E-state index in [0.717, 1.165) is 17.2 Å². The van der Waals surface area contributed by atoms with Crippen LogP contribution in [0.2, 0.25) is 0 Å². The van der Waals surface area contributed by atoms with Crippen LogP contribution < -0.4 is 4.90 Å². The maximum Gasteiger partial charge on any atom is 0.137 e. The number of pyridine rings is 1. The van der Waals surface area contributed by atoms with Crippen LogP contribution in [0.4, 0.5) is 17.2 Å². The number of benzene rings is 8. The van der Waals surface area contributed by atoms with Crippen molar-refractivity contribution in [2.75, 3.05) is 4.90 Å². The number of anilines is 3. The van der Waals surface area contributed by atoms with E-state index in [4.69, 9.17) is 0 Å². The van der Waals surface area contributed by atoms with Gasteiger partial charge in [0.25, 0.3) is 0 Å². The molecule has 0 saturated carbocycles. The first-order chi connectivity index (χ1) is 23.8. The largest absolute Gasteiger partial charge is 0.309 e. The number of aromatic nitrogens is 2. The molecule has 224 valence electrons. The minimum Gasteiger partial charge on any atom is -0.309 e. The lowest BCUT2D eigenvalue weighted by molar-refractivity contribution is 1.18. The molecule has 10 rings (SSSR count). The lowest BCUT2D eigenvalue weighted by atomic mass is 9.88. The Balaban J connectivity index is 1.17. The van der Waals surface area contributed by atoms with E-state index in [1.807, 2.05) is 24.4 Å². The Morgan fingerprint density at radius 1 is 0.438 bits per heavy atom. The number of hydrogen-bond donors (Lipinski definition) is 0. The molecule has 2 heterocycles. The first kappa shape index (κ1) is 26.7. The number of nitrogens with zero attached hydrogens (tertiary/aromatic N) is 3. The van der Waals surface area contributed by atoms with Crippen LogP contribution in [-0.4, -0.2) is 9.55 Å². The van der Waals surface area contributed by atoms with Crippen molar-refractivity contribution in [3.05, 3.63) is 176 Å². The zero-order valence-corrected chi connectivity index (χ0v) is 26.1. The van der Waals surface area contributed by atoms with Gasteiger partial charge in [-0.05, 0) is 104 Å². The molecule has 0 bridgehead atoms. The quantitative estimate of drug-likeness (QED) is 0.181. The summed E-state index contributed by atoms with van der Waals surface area (Å²) in [6.07, 6.45) is 1.84. The molecule has 0 spiro atoms. The van der Waals surface area contributed by atoms with Crippen LogP contribution in [0, 0.1) is 0 Å². The summed E-state index contributed by atoms with van der Waals surface area (Å²) >= 11 is 0. The fraction of sp³-hybridized carbons (Fsp3) is 0. The van der Waals surface area contributed by atoms with E-state index in [0.29, 0.717) is 0 Å². The highest BCUT2D eigenvalue weighted by Crippen LogP contribution is 2.45. The highest BCUT2D eigenvalue weighted by molar-refractivity contribution is 6.34. The number of fused-ring (bicyclic) bond motifs is 4. The molecule has 0 saturated heterocycles. The third-order valence-corrected chi connectivity index (χ3v) is 9.76. The Morgan fingerprint density at radius 3 is 1.92 bits per heavy atom. The summed E-state index contributed by atoms with van der Waals surface area (Å²) in [5.41, 5.74) is 8.21. The molecule has 8 aromatic carbocycles. The van der Waals surface area contributed by atoms with Crippen molar-refractivity contribution in [1.82, 2.24) is 9.55 Å². The van der Waals surface area contributed by atoms with E-state index in [1.165, 1.54) is 70.9 Å². The predicted octanol–water partition coefficient (Wildman–Crippen LogP) is 12.2. The zero-order valence-electron chi connectivity index (χ0n) is 26.1. The summed E-state index contributed by atoms with van der Waals surface area (Å²) < 4.78 is 2.41. The van der Waals surface area contributed by atoms with Crippen LogP contribution in [-0.2, 0) is 0 Å². The van der Waals surface area contributed by atoms with E-state index in [-0.39, 0.29) is 0 Å². The standard InChI is InChI=1S/C45H29N3/c1-3-11-33(12-4-1)47(42-17-9-10-28-46-42)35-23-20-30(21-24-35)36-25-22-31-18-19-32-29-41-45(39-27-26-37(36)43(31)44(32)39)38-15-7-8-16-40(38)48(41)34-13-5-2-6-14-34/h1-29H. The Bertz CT molecular complexity index is 2710. The third-order valence-electron chi connectivity index (χ3n) is 9.76. The average Bonchev–Trinajstić information content (AvgIpc) is 3.49. The van der Waals surface area contributed by atoms with Gasteiger partial charge in [-0.15, -0.1) is 0 Å². The van der Waals surface area contributed by atoms with Gasteiger partial charge in [0.2, 0.25) is 0 Å². The van der Waals surface area contributed by atoms with Crippen molar-refractivity contribution in [3.63, 3.8) is 0 Å². The van der Waals surface area contributed by atoms with Crippen molar-refractivity contribution >= 4 is 71.3 Å². The SMILES string of the molecule is c1ccc(N(c2ccc(-c3ccc4ccc5cc6c(c7ccc3c4c57)c3ccccc3n6-c3ccccc3)cc2)c2ccccn2)cc1. The van der Waals surface area contributed by atoms with Crippen LogP contribution >= 0.6 is 0 Å². The van der Waals surface area contributed by atoms with Crippen molar-refractivity contribution in [2.24, 2.45) is 0 Å². The third kappa shape index (κ3) is 3.98. The van der Waals surface area contributed by atoms with Crippen LogP contribution in [0.5, 0.6) is 0 Å². The lowest BCUT2D eigenvalue weighted by Gasteiger charge is -2.24. The highest BCUT2D eigenvalue weighted by Gasteiger charge is 2.20. The second-order valence-electron chi connectivity index (χ2n) is 12.4. The van der Waals surface area contributed by atoms with E-state index < -0.39 is 0 Å². The van der Waals surface area contributed by atoms with E-state index in [2.05, 4.69) is 166 Å². The Kier molecular flexibility index (Phi) is 5.87. The van der Waals surface area contributed by atoms with Gasteiger partial charge in [0.1, 0.15) is 5.82 Å². The molecule has 0 radical (unpaired) electrons. The highest BCUT2D eigenvalue weighted by atomic mass is 15.2. The van der Waals surface area contributed by atoms with Crippen LogP contribution in [0.25, 0.3) is 70.9 Å². The van der Waals surface area contributed by atoms with Crippen LogP contribution in [0.1, 0.15) is 0 Å². The molecular weight excluding hydrogens is 583 g/mol. The molecule has 0 amide bonds. The molecule has 0 fully saturated rings. The van der Waals surface area contributed by atoms with Crippen molar-refractivity contribution in [1.29, 1.82) is 0 Å². The van der Waals surface area contributed by atoms with E-state index in [1.54, 1.807) is 0 Å². The van der Waals surface area contributed by atoms with Crippen molar-refractivity contribution in [2.45, 2.75) is 0 Å². The molecule has 3 heteroatoms. The first-order valence-electron chi connectivity index (χ1n) is 16.4. The summed E-state index contributed by atoms with van der Waals surface area (Å²) in [6.45, 7) is 0. The molecular formula is C45H29N3. The molecule has 0 aliphatic rings. The summed E-state index contributed by atoms with van der Waals surface area (Å²) in [7, 11) is 0. The van der Waals surface area contributed by atoms with Gasteiger partial charge in [-0.1, -0.05) is 109 Å². The molecule has 2 aromatic heterocycles. The second kappa shape index (κ2) is 10.5. The van der Waals surface area contributed by atoms with Gasteiger partial charge in [0, 0.05) is 34.0 Å². The minimum atomic E-state index is 0.888. The van der Waals surface area contributed by atoms with Gasteiger partial charge >= 0.3 is 0 Å². The molecule has 3 nitrogen and oxygen atoms in total. The van der Waals surface area contributed by atoms with Gasteiger partial charge in [-0.2, -0.15) is 0 Å². The second-order valence-corrected chi connectivity index (χ2v) is 12.4. The summed E-state index contributed by atoms with van der Waals surface area (Å²) in [5, 5.41) is 10.3. The fourth-order valence-corrected chi connectivity index (χ4v) is 7.70. The van der Waals surface area contributed by atoms with Gasteiger partial charge < -0.3 is 4.57 Å². The minimum absolute atomic E-state index is 0.888. The average molecular weight is 612 g/mol. The molecule has 0 aliphatic heterocycles. The molecule has 0 aliphatic carbocycles. The molecule has 0 atom stereocenters.